The molecular weight excluding hydrogens is 176 g/mol. The second-order valence-electron chi connectivity index (χ2n) is 4.32. The van der Waals surface area contributed by atoms with E-state index in [-0.39, 0.29) is 0 Å². The summed E-state index contributed by atoms with van der Waals surface area (Å²) in [6.45, 7) is 6.63. The van der Waals surface area contributed by atoms with Gasteiger partial charge in [-0.05, 0) is 6.42 Å². The molecule has 0 bridgehead atoms. The maximum Gasteiger partial charge on any atom is 0.149 e. The zero-order chi connectivity index (χ0) is 10.2. The summed E-state index contributed by atoms with van der Waals surface area (Å²) in [6.07, 6.45) is 4.55. The van der Waals surface area contributed by atoms with Crippen LogP contribution in [0.1, 0.15) is 20.3 Å². The monoisotopic (exact) mass is 192 g/mol. The van der Waals surface area contributed by atoms with Crippen LogP contribution in [-0.2, 0) is 0 Å². The predicted molar refractivity (Wildman–Crippen MR) is 57.1 cm³/mol. The molecule has 0 radical (unpaired) electrons. The van der Waals surface area contributed by atoms with Gasteiger partial charge >= 0.3 is 0 Å². The normalized spacial score (nSPS) is 19.1. The fourth-order valence-electron chi connectivity index (χ4n) is 1.78. The summed E-state index contributed by atoms with van der Waals surface area (Å²) in [7, 11) is 0. The number of rotatable bonds is 2. The Hall–Kier alpha value is -1.32. The van der Waals surface area contributed by atoms with Crippen molar-refractivity contribution in [3.63, 3.8) is 0 Å². The van der Waals surface area contributed by atoms with E-state index in [9.17, 15) is 0 Å². The number of hydrogen-bond donors (Lipinski definition) is 1. The maximum absolute atomic E-state index is 5.58. The molecule has 1 saturated heterocycles. The van der Waals surface area contributed by atoms with Crippen LogP contribution in [0.3, 0.4) is 0 Å². The van der Waals surface area contributed by atoms with Crippen molar-refractivity contribution < 1.29 is 0 Å². The number of nitrogens with two attached hydrogens (primary N) is 1. The van der Waals surface area contributed by atoms with E-state index >= 15 is 0 Å². The van der Waals surface area contributed by atoms with Crippen molar-refractivity contribution in [1.29, 1.82) is 0 Å². The molecule has 0 amide bonds. The molecule has 0 aromatic carbocycles. The summed E-state index contributed by atoms with van der Waals surface area (Å²) >= 11 is 0. The highest BCUT2D eigenvalue weighted by molar-refractivity contribution is 5.44. The quantitative estimate of drug-likeness (QED) is 0.767. The Morgan fingerprint density at radius 1 is 1.50 bits per heavy atom. The second kappa shape index (κ2) is 3.12. The molecule has 0 spiro atoms. The van der Waals surface area contributed by atoms with Crippen molar-refractivity contribution in [2.75, 3.05) is 23.7 Å². The minimum atomic E-state index is 0.451. The van der Waals surface area contributed by atoms with E-state index in [2.05, 4.69) is 28.7 Å². The van der Waals surface area contributed by atoms with Crippen LogP contribution in [0, 0.1) is 5.41 Å². The first-order valence-corrected chi connectivity index (χ1v) is 4.95. The van der Waals surface area contributed by atoms with Gasteiger partial charge in [0.05, 0.1) is 12.4 Å². The van der Waals surface area contributed by atoms with Crippen molar-refractivity contribution in [3.05, 3.63) is 12.4 Å². The molecule has 14 heavy (non-hydrogen) atoms. The molecule has 0 atom stereocenters. The highest BCUT2D eigenvalue weighted by Crippen LogP contribution is 2.35. The molecule has 76 valence electrons. The number of anilines is 2. The van der Waals surface area contributed by atoms with Gasteiger partial charge in [-0.15, -0.1) is 0 Å². The van der Waals surface area contributed by atoms with Gasteiger partial charge in [0, 0.05) is 18.5 Å². The lowest BCUT2D eigenvalue weighted by atomic mass is 9.80. The molecule has 1 aliphatic rings. The first kappa shape index (κ1) is 9.24. The molecule has 0 aliphatic carbocycles. The lowest BCUT2D eigenvalue weighted by Gasteiger charge is -2.48. The predicted octanol–water partition coefficient (Wildman–Crippen LogP) is 1.30. The fourth-order valence-corrected chi connectivity index (χ4v) is 1.78. The van der Waals surface area contributed by atoms with E-state index in [1.807, 2.05) is 0 Å². The zero-order valence-corrected chi connectivity index (χ0v) is 8.70. The van der Waals surface area contributed by atoms with Crippen molar-refractivity contribution in [1.82, 2.24) is 9.97 Å². The number of nitrogen functional groups attached to an aromatic ring is 1. The molecule has 0 unspecified atom stereocenters. The van der Waals surface area contributed by atoms with Crippen molar-refractivity contribution in [2.24, 2.45) is 5.41 Å². The summed E-state index contributed by atoms with van der Waals surface area (Å²) in [4.78, 5) is 10.5. The van der Waals surface area contributed by atoms with E-state index < -0.39 is 0 Å². The van der Waals surface area contributed by atoms with Gasteiger partial charge in [-0.2, -0.15) is 0 Å². The van der Waals surface area contributed by atoms with Crippen LogP contribution in [0.15, 0.2) is 12.4 Å². The summed E-state index contributed by atoms with van der Waals surface area (Å²) in [5.74, 6) is 1.39. The van der Waals surface area contributed by atoms with Gasteiger partial charge in [-0.3, -0.25) is 4.98 Å². The summed E-state index contributed by atoms with van der Waals surface area (Å²) in [6, 6.07) is 0. The van der Waals surface area contributed by atoms with E-state index in [0.29, 0.717) is 11.2 Å². The Kier molecular flexibility index (Phi) is 2.06. The number of hydrogen-bond acceptors (Lipinski definition) is 4. The van der Waals surface area contributed by atoms with Crippen molar-refractivity contribution in [3.8, 4) is 0 Å². The Morgan fingerprint density at radius 2 is 2.21 bits per heavy atom. The lowest BCUT2D eigenvalue weighted by molar-refractivity contribution is 0.232. The molecule has 1 aromatic rings. The van der Waals surface area contributed by atoms with Gasteiger partial charge in [-0.1, -0.05) is 13.8 Å². The van der Waals surface area contributed by atoms with Gasteiger partial charge in [-0.25, -0.2) is 4.98 Å². The molecule has 2 rings (SSSR count). The van der Waals surface area contributed by atoms with Crippen LogP contribution in [0.5, 0.6) is 0 Å². The van der Waals surface area contributed by atoms with Crippen LogP contribution >= 0.6 is 0 Å². The molecule has 4 heteroatoms. The molecular formula is C10H16N4. The van der Waals surface area contributed by atoms with Crippen molar-refractivity contribution in [2.45, 2.75) is 20.3 Å². The average molecular weight is 192 g/mol. The van der Waals surface area contributed by atoms with Crippen LogP contribution in [-0.4, -0.2) is 23.1 Å². The smallest absolute Gasteiger partial charge is 0.149 e. The van der Waals surface area contributed by atoms with Crippen molar-refractivity contribution >= 4 is 11.6 Å². The van der Waals surface area contributed by atoms with E-state index in [1.54, 1.807) is 12.4 Å². The first-order chi connectivity index (χ1) is 6.63. The van der Waals surface area contributed by atoms with Gasteiger partial charge in [0.15, 0.2) is 0 Å². The lowest BCUT2D eigenvalue weighted by Crippen LogP contribution is -2.54. The molecule has 4 nitrogen and oxygen atoms in total. The standard InChI is InChI=1S/C10H16N4/c1-3-10(2)6-14(7-10)9-5-12-4-8(11)13-9/h4-5H,3,6-7H2,1-2H3,(H2,11,13). The topological polar surface area (TPSA) is 55.0 Å². The minimum absolute atomic E-state index is 0.451. The molecule has 0 saturated carbocycles. The zero-order valence-electron chi connectivity index (χ0n) is 8.70. The minimum Gasteiger partial charge on any atom is -0.382 e. The Morgan fingerprint density at radius 3 is 2.79 bits per heavy atom. The third kappa shape index (κ3) is 1.52. The van der Waals surface area contributed by atoms with Crippen LogP contribution in [0.4, 0.5) is 11.6 Å². The van der Waals surface area contributed by atoms with Gasteiger partial charge in [0.1, 0.15) is 11.6 Å². The highest BCUT2D eigenvalue weighted by atomic mass is 15.3. The van der Waals surface area contributed by atoms with Gasteiger partial charge < -0.3 is 10.6 Å². The average Bonchev–Trinajstić information content (AvgIpc) is 2.13. The van der Waals surface area contributed by atoms with E-state index in [4.69, 9.17) is 5.73 Å². The Bertz CT molecular complexity index is 331. The largest absolute Gasteiger partial charge is 0.382 e. The molecule has 1 aromatic heterocycles. The highest BCUT2D eigenvalue weighted by Gasteiger charge is 2.37. The molecule has 2 N–H and O–H groups in total. The van der Waals surface area contributed by atoms with Crippen LogP contribution in [0.25, 0.3) is 0 Å². The molecule has 1 aliphatic heterocycles. The summed E-state index contributed by atoms with van der Waals surface area (Å²) in [5, 5.41) is 0. The summed E-state index contributed by atoms with van der Waals surface area (Å²) in [5.41, 5.74) is 6.03. The maximum atomic E-state index is 5.58. The van der Waals surface area contributed by atoms with E-state index in [1.165, 1.54) is 6.42 Å². The molecule has 1 fully saturated rings. The number of aromatic nitrogens is 2. The second-order valence-corrected chi connectivity index (χ2v) is 4.32. The van der Waals surface area contributed by atoms with Crippen LogP contribution in [0.2, 0.25) is 0 Å². The van der Waals surface area contributed by atoms with Crippen LogP contribution < -0.4 is 10.6 Å². The number of nitrogens with zero attached hydrogens (tertiary/aromatic N) is 3. The van der Waals surface area contributed by atoms with Gasteiger partial charge in [0.2, 0.25) is 0 Å². The third-order valence-electron chi connectivity index (χ3n) is 2.96. The Labute approximate surface area is 84.2 Å². The third-order valence-corrected chi connectivity index (χ3v) is 2.96. The fraction of sp³-hybridized carbons (Fsp3) is 0.600. The van der Waals surface area contributed by atoms with Gasteiger partial charge in [0.25, 0.3) is 0 Å². The van der Waals surface area contributed by atoms with E-state index in [0.717, 1.165) is 18.9 Å². The summed E-state index contributed by atoms with van der Waals surface area (Å²) < 4.78 is 0. The molecule has 2 heterocycles. The Balaban J connectivity index is 2.06. The first-order valence-electron chi connectivity index (χ1n) is 4.95. The SMILES string of the molecule is CCC1(C)CN(c2cncc(N)n2)C1.